The second-order valence-electron chi connectivity index (χ2n) is 4.94. The second-order valence-corrected chi connectivity index (χ2v) is 5.85. The Morgan fingerprint density at radius 2 is 2.25 bits per heavy atom. The predicted molar refractivity (Wildman–Crippen MR) is 80.3 cm³/mol. The molecule has 1 aromatic rings. The van der Waals surface area contributed by atoms with Gasteiger partial charge in [0.25, 0.3) is 5.91 Å². The van der Waals surface area contributed by atoms with Crippen LogP contribution in [0, 0.1) is 0 Å². The van der Waals surface area contributed by atoms with Crippen LogP contribution in [-0.4, -0.2) is 42.4 Å². The summed E-state index contributed by atoms with van der Waals surface area (Å²) < 4.78 is 0.832. The Morgan fingerprint density at radius 3 is 2.95 bits per heavy atom. The van der Waals surface area contributed by atoms with E-state index in [2.05, 4.69) is 21.2 Å². The molecule has 1 fully saturated rings. The summed E-state index contributed by atoms with van der Waals surface area (Å²) in [5, 5.41) is 2.65. The van der Waals surface area contributed by atoms with E-state index >= 15 is 0 Å². The fourth-order valence-corrected chi connectivity index (χ4v) is 2.64. The minimum Gasteiger partial charge on any atom is -0.343 e. The number of rotatable bonds is 3. The highest BCUT2D eigenvalue weighted by molar-refractivity contribution is 9.10. The van der Waals surface area contributed by atoms with E-state index < -0.39 is 0 Å². The van der Waals surface area contributed by atoms with E-state index in [1.54, 1.807) is 23.1 Å². The molecule has 5 nitrogen and oxygen atoms in total. The van der Waals surface area contributed by atoms with Gasteiger partial charge in [0.2, 0.25) is 5.91 Å². The Kier molecular flexibility index (Phi) is 5.14. The van der Waals surface area contributed by atoms with Crippen LogP contribution in [-0.2, 0) is 4.79 Å². The molecule has 0 spiro atoms. The summed E-state index contributed by atoms with van der Waals surface area (Å²) in [5.41, 5.74) is 6.37. The number of halogens is 1. The number of likely N-dealkylation sites (tertiary alicyclic amines) is 1. The minimum absolute atomic E-state index is 0.0120. The minimum atomic E-state index is -0.249. The summed E-state index contributed by atoms with van der Waals surface area (Å²) in [7, 11) is 0. The molecule has 1 aliphatic heterocycles. The molecule has 1 saturated heterocycles. The van der Waals surface area contributed by atoms with E-state index in [9.17, 15) is 9.59 Å². The zero-order chi connectivity index (χ0) is 14.5. The number of piperidine rings is 1. The Morgan fingerprint density at radius 1 is 1.45 bits per heavy atom. The number of carbonyl (C=O) groups excluding carboxylic acids is 2. The number of carbonyl (C=O) groups is 2. The molecular formula is C14H18BrN3O2. The van der Waals surface area contributed by atoms with E-state index in [0.717, 1.165) is 23.9 Å². The lowest BCUT2D eigenvalue weighted by atomic mass is 10.1. The van der Waals surface area contributed by atoms with Gasteiger partial charge in [-0.25, -0.2) is 0 Å². The number of nitrogens with one attached hydrogen (secondary N) is 1. The van der Waals surface area contributed by atoms with Crippen molar-refractivity contribution in [2.24, 2.45) is 5.73 Å². The number of hydrogen-bond acceptors (Lipinski definition) is 3. The summed E-state index contributed by atoms with van der Waals surface area (Å²) in [5.74, 6) is -0.329. The highest BCUT2D eigenvalue weighted by Gasteiger charge is 2.21. The molecule has 0 aromatic heterocycles. The molecule has 108 valence electrons. The van der Waals surface area contributed by atoms with Crippen molar-refractivity contribution in [3.05, 3.63) is 34.3 Å². The molecule has 20 heavy (non-hydrogen) atoms. The lowest BCUT2D eigenvalue weighted by molar-refractivity contribution is -0.131. The van der Waals surface area contributed by atoms with Gasteiger partial charge in [0.1, 0.15) is 0 Å². The van der Waals surface area contributed by atoms with Crippen molar-refractivity contribution in [2.45, 2.75) is 18.9 Å². The molecule has 1 aliphatic rings. The van der Waals surface area contributed by atoms with E-state index in [4.69, 9.17) is 5.73 Å². The first-order chi connectivity index (χ1) is 9.56. The molecule has 0 bridgehead atoms. The van der Waals surface area contributed by atoms with E-state index in [-0.39, 0.29) is 24.4 Å². The Balaban J connectivity index is 1.85. The molecule has 6 heteroatoms. The molecule has 2 amide bonds. The van der Waals surface area contributed by atoms with Gasteiger partial charge >= 0.3 is 0 Å². The van der Waals surface area contributed by atoms with Gasteiger partial charge in [-0.2, -0.15) is 0 Å². The van der Waals surface area contributed by atoms with Crippen molar-refractivity contribution >= 4 is 27.7 Å². The normalized spacial score (nSPS) is 18.7. The topological polar surface area (TPSA) is 75.4 Å². The van der Waals surface area contributed by atoms with Gasteiger partial charge in [0, 0.05) is 29.2 Å². The first kappa shape index (κ1) is 15.0. The lowest BCUT2D eigenvalue weighted by Crippen LogP contribution is -2.48. The lowest BCUT2D eigenvalue weighted by Gasteiger charge is -2.30. The third-order valence-electron chi connectivity index (χ3n) is 3.30. The summed E-state index contributed by atoms with van der Waals surface area (Å²) >= 11 is 3.31. The van der Waals surface area contributed by atoms with Gasteiger partial charge in [-0.05, 0) is 31.0 Å². The van der Waals surface area contributed by atoms with Crippen molar-refractivity contribution in [1.82, 2.24) is 10.2 Å². The highest BCUT2D eigenvalue weighted by Crippen LogP contribution is 2.11. The van der Waals surface area contributed by atoms with Crippen LogP contribution in [0.15, 0.2) is 28.7 Å². The maximum Gasteiger partial charge on any atom is 0.251 e. The number of nitrogens with two attached hydrogens (primary N) is 1. The fourth-order valence-electron chi connectivity index (χ4n) is 2.24. The number of nitrogens with zero attached hydrogens (tertiary/aromatic N) is 1. The van der Waals surface area contributed by atoms with Crippen molar-refractivity contribution in [2.75, 3.05) is 19.6 Å². The molecule has 1 aromatic carbocycles. The third kappa shape index (κ3) is 4.05. The summed E-state index contributed by atoms with van der Waals surface area (Å²) in [6.45, 7) is 1.31. The maximum atomic E-state index is 12.0. The quantitative estimate of drug-likeness (QED) is 0.866. The van der Waals surface area contributed by atoms with Crippen LogP contribution >= 0.6 is 15.9 Å². The van der Waals surface area contributed by atoms with Crippen molar-refractivity contribution in [3.8, 4) is 0 Å². The van der Waals surface area contributed by atoms with Gasteiger partial charge in [-0.3, -0.25) is 9.59 Å². The maximum absolute atomic E-state index is 12.0. The molecule has 0 aliphatic carbocycles. The van der Waals surface area contributed by atoms with Crippen LogP contribution < -0.4 is 11.1 Å². The highest BCUT2D eigenvalue weighted by atomic mass is 79.9. The Hall–Kier alpha value is -1.40. The standard InChI is InChI=1S/C14H18BrN3O2/c15-11-4-1-3-10(7-11)14(20)17-8-13(19)18-6-2-5-12(16)9-18/h1,3-4,7,12H,2,5-6,8-9,16H2,(H,17,20). The third-order valence-corrected chi connectivity index (χ3v) is 3.79. The molecule has 1 unspecified atom stereocenters. The number of benzene rings is 1. The van der Waals surface area contributed by atoms with Crippen LogP contribution in [0.3, 0.4) is 0 Å². The number of amides is 2. The first-order valence-corrected chi connectivity index (χ1v) is 7.42. The van der Waals surface area contributed by atoms with Crippen LogP contribution in [0.2, 0.25) is 0 Å². The molecular weight excluding hydrogens is 322 g/mol. The average molecular weight is 340 g/mol. The predicted octanol–water partition coefficient (Wildman–Crippen LogP) is 1.13. The van der Waals surface area contributed by atoms with E-state index in [1.165, 1.54) is 0 Å². The SMILES string of the molecule is NC1CCCN(C(=O)CNC(=O)c2cccc(Br)c2)C1. The smallest absolute Gasteiger partial charge is 0.251 e. The molecule has 2 rings (SSSR count). The van der Waals surface area contributed by atoms with Gasteiger partial charge < -0.3 is 16.0 Å². The van der Waals surface area contributed by atoms with Gasteiger partial charge in [-0.1, -0.05) is 22.0 Å². The van der Waals surface area contributed by atoms with Crippen molar-refractivity contribution in [1.29, 1.82) is 0 Å². The average Bonchev–Trinajstić information content (AvgIpc) is 2.44. The Labute approximate surface area is 126 Å². The van der Waals surface area contributed by atoms with E-state index in [0.29, 0.717) is 12.1 Å². The zero-order valence-corrected chi connectivity index (χ0v) is 12.7. The number of hydrogen-bond donors (Lipinski definition) is 2. The van der Waals surface area contributed by atoms with Crippen molar-refractivity contribution in [3.63, 3.8) is 0 Å². The fraction of sp³-hybridized carbons (Fsp3) is 0.429. The molecule has 1 heterocycles. The van der Waals surface area contributed by atoms with Crippen LogP contribution in [0.25, 0.3) is 0 Å². The molecule has 0 radical (unpaired) electrons. The van der Waals surface area contributed by atoms with Crippen molar-refractivity contribution < 1.29 is 9.59 Å². The summed E-state index contributed by atoms with van der Waals surface area (Å²) in [6, 6.07) is 7.10. The van der Waals surface area contributed by atoms with Crippen LogP contribution in [0.4, 0.5) is 0 Å². The largest absolute Gasteiger partial charge is 0.343 e. The van der Waals surface area contributed by atoms with Crippen LogP contribution in [0.5, 0.6) is 0 Å². The second kappa shape index (κ2) is 6.85. The zero-order valence-electron chi connectivity index (χ0n) is 11.1. The monoisotopic (exact) mass is 339 g/mol. The molecule has 0 saturated carbocycles. The molecule has 3 N–H and O–H groups in total. The molecule has 1 atom stereocenters. The first-order valence-electron chi connectivity index (χ1n) is 6.63. The van der Waals surface area contributed by atoms with E-state index in [1.807, 2.05) is 6.07 Å². The Bertz CT molecular complexity index is 507. The van der Waals surface area contributed by atoms with Crippen LogP contribution in [0.1, 0.15) is 23.2 Å². The van der Waals surface area contributed by atoms with Gasteiger partial charge in [0.05, 0.1) is 6.54 Å². The summed E-state index contributed by atoms with van der Waals surface area (Å²) in [6.07, 6.45) is 1.88. The summed E-state index contributed by atoms with van der Waals surface area (Å²) in [4.78, 5) is 25.6. The van der Waals surface area contributed by atoms with Gasteiger partial charge in [-0.15, -0.1) is 0 Å². The van der Waals surface area contributed by atoms with Gasteiger partial charge in [0.15, 0.2) is 0 Å².